The maximum absolute atomic E-state index is 13.1. The lowest BCUT2D eigenvalue weighted by Crippen LogP contribution is -2.46. The van der Waals surface area contributed by atoms with Crippen LogP contribution in [0.3, 0.4) is 0 Å². The molecule has 2 N–H and O–H groups in total. The summed E-state index contributed by atoms with van der Waals surface area (Å²) in [5.41, 5.74) is -2.37. The van der Waals surface area contributed by atoms with E-state index in [-0.39, 0.29) is 12.1 Å². The summed E-state index contributed by atoms with van der Waals surface area (Å²) in [6.07, 6.45) is -4.15. The van der Waals surface area contributed by atoms with E-state index in [0.717, 1.165) is 6.07 Å². The fourth-order valence-electron chi connectivity index (χ4n) is 2.61. The molecule has 0 bridgehead atoms. The molecule has 1 saturated heterocycles. The monoisotopic (exact) mass is 367 g/mol. The summed E-state index contributed by atoms with van der Waals surface area (Å²) in [4.78, 5) is 8.65. The molecular weight excluding hydrogens is 351 g/mol. The van der Waals surface area contributed by atoms with Gasteiger partial charge in [-0.3, -0.25) is 10.1 Å². The second-order valence-electron chi connectivity index (χ2n) is 5.63. The normalized spacial score (nSPS) is 22.3. The number of non-ortho nitro benzene ring substituents is 1. The predicted molar refractivity (Wildman–Crippen MR) is 78.9 cm³/mol. The fraction of sp³-hybridized carbons (Fsp3) is 0.538. The van der Waals surface area contributed by atoms with Crippen molar-refractivity contribution in [2.24, 2.45) is 0 Å². The highest BCUT2D eigenvalue weighted by molar-refractivity contribution is 7.89. The molecule has 1 aromatic rings. The minimum Gasteiger partial charge on any atom is -0.314 e. The first-order chi connectivity index (χ1) is 11.0. The quantitative estimate of drug-likeness (QED) is 0.626. The number of nitrogens with one attached hydrogen (secondary N) is 2. The van der Waals surface area contributed by atoms with Gasteiger partial charge in [0.05, 0.1) is 15.4 Å². The van der Waals surface area contributed by atoms with Crippen LogP contribution >= 0.6 is 0 Å². The number of nitro groups is 1. The van der Waals surface area contributed by atoms with Gasteiger partial charge in [-0.15, -0.1) is 0 Å². The van der Waals surface area contributed by atoms with Crippen molar-refractivity contribution in [2.45, 2.75) is 42.9 Å². The van der Waals surface area contributed by atoms with E-state index in [0.29, 0.717) is 25.5 Å². The van der Waals surface area contributed by atoms with Crippen molar-refractivity contribution in [1.29, 1.82) is 0 Å². The Morgan fingerprint density at radius 1 is 1.38 bits per heavy atom. The average molecular weight is 367 g/mol. The van der Waals surface area contributed by atoms with Crippen molar-refractivity contribution < 1.29 is 26.5 Å². The summed E-state index contributed by atoms with van der Waals surface area (Å²) in [6, 6.07) is 1.13. The van der Waals surface area contributed by atoms with Gasteiger partial charge in [-0.05, 0) is 32.4 Å². The molecule has 0 saturated carbocycles. The van der Waals surface area contributed by atoms with E-state index in [2.05, 4.69) is 10.0 Å². The molecule has 1 heterocycles. The van der Waals surface area contributed by atoms with Gasteiger partial charge in [0.2, 0.25) is 10.0 Å². The van der Waals surface area contributed by atoms with Gasteiger partial charge in [0.1, 0.15) is 0 Å². The molecule has 0 spiro atoms. The first kappa shape index (κ1) is 18.6. The Morgan fingerprint density at radius 3 is 2.58 bits per heavy atom. The molecule has 1 aliphatic rings. The highest BCUT2D eigenvalue weighted by Crippen LogP contribution is 2.36. The first-order valence-electron chi connectivity index (χ1n) is 7.12. The van der Waals surface area contributed by atoms with Gasteiger partial charge in [0.15, 0.2) is 0 Å². The lowest BCUT2D eigenvalue weighted by Gasteiger charge is -2.28. The number of hydrogen-bond donors (Lipinski definition) is 2. The van der Waals surface area contributed by atoms with E-state index in [9.17, 15) is 31.7 Å². The van der Waals surface area contributed by atoms with Gasteiger partial charge in [-0.2, -0.15) is 13.2 Å². The van der Waals surface area contributed by atoms with Gasteiger partial charge in [-0.1, -0.05) is 0 Å². The van der Waals surface area contributed by atoms with Crippen LogP contribution < -0.4 is 10.0 Å². The summed E-state index contributed by atoms with van der Waals surface area (Å²) in [5.74, 6) is 0. The summed E-state index contributed by atoms with van der Waals surface area (Å²) in [7, 11) is -4.46. The Balaban J connectivity index is 2.40. The van der Waals surface area contributed by atoms with Crippen LogP contribution in [0.5, 0.6) is 0 Å². The molecule has 134 valence electrons. The molecule has 0 aromatic heterocycles. The Labute approximate surface area is 136 Å². The zero-order valence-electron chi connectivity index (χ0n) is 12.6. The van der Waals surface area contributed by atoms with E-state index < -0.39 is 43.3 Å². The molecule has 11 heteroatoms. The molecule has 7 nitrogen and oxygen atoms in total. The van der Waals surface area contributed by atoms with Crippen LogP contribution in [0, 0.1) is 10.1 Å². The summed E-state index contributed by atoms with van der Waals surface area (Å²) in [5, 5.41) is 13.8. The highest BCUT2D eigenvalue weighted by Gasteiger charge is 2.39. The smallest absolute Gasteiger partial charge is 0.314 e. The van der Waals surface area contributed by atoms with E-state index in [1.807, 2.05) is 6.92 Å². The minimum atomic E-state index is -5.03. The zero-order chi connectivity index (χ0) is 18.1. The molecule has 24 heavy (non-hydrogen) atoms. The lowest BCUT2D eigenvalue weighted by atomic mass is 10.0. The highest BCUT2D eigenvalue weighted by atomic mass is 32.2. The Bertz CT molecular complexity index is 736. The molecule has 0 aliphatic carbocycles. The maximum Gasteiger partial charge on any atom is 0.417 e. The second kappa shape index (κ2) is 6.65. The van der Waals surface area contributed by atoms with Crippen molar-refractivity contribution in [1.82, 2.24) is 10.0 Å². The number of halogens is 3. The number of piperidine rings is 1. The standard InChI is InChI=1S/C13H16F3N3O4S/c1-8-6-9(4-5-17-8)18-24(22,23)12-3-2-10(19(20)21)7-11(12)13(14,15)16/h2-3,7-9,17-18H,4-6H2,1H3. The number of rotatable bonds is 4. The molecule has 0 radical (unpaired) electrons. The van der Waals surface area contributed by atoms with E-state index in [1.54, 1.807) is 0 Å². The van der Waals surface area contributed by atoms with Crippen molar-refractivity contribution in [3.8, 4) is 0 Å². The second-order valence-corrected chi connectivity index (χ2v) is 7.32. The van der Waals surface area contributed by atoms with Crippen LogP contribution in [0.1, 0.15) is 25.3 Å². The van der Waals surface area contributed by atoms with Crippen LogP contribution in [0.25, 0.3) is 0 Å². The number of nitrogens with zero attached hydrogens (tertiary/aromatic N) is 1. The molecule has 2 atom stereocenters. The fourth-order valence-corrected chi connectivity index (χ4v) is 4.10. The Kier molecular flexibility index (Phi) is 5.16. The maximum atomic E-state index is 13.1. The summed E-state index contributed by atoms with van der Waals surface area (Å²) >= 11 is 0. The van der Waals surface area contributed by atoms with Crippen molar-refractivity contribution >= 4 is 15.7 Å². The molecule has 1 fully saturated rings. The van der Waals surface area contributed by atoms with Crippen molar-refractivity contribution in [3.63, 3.8) is 0 Å². The van der Waals surface area contributed by atoms with Gasteiger partial charge < -0.3 is 5.32 Å². The minimum absolute atomic E-state index is 0.0328. The summed E-state index contributed by atoms with van der Waals surface area (Å²) < 4.78 is 66.4. The molecule has 1 aliphatic heterocycles. The SMILES string of the molecule is CC1CC(NS(=O)(=O)c2ccc([N+](=O)[O-])cc2C(F)(F)F)CCN1. The third kappa shape index (κ3) is 4.22. The van der Waals surface area contributed by atoms with Gasteiger partial charge in [0.25, 0.3) is 5.69 Å². The molecule has 2 rings (SSSR count). The van der Waals surface area contributed by atoms with E-state index >= 15 is 0 Å². The predicted octanol–water partition coefficient (Wildman–Crippen LogP) is 2.03. The number of alkyl halides is 3. The topological polar surface area (TPSA) is 101 Å². The van der Waals surface area contributed by atoms with Crippen LogP contribution in [0.2, 0.25) is 0 Å². The Morgan fingerprint density at radius 2 is 2.04 bits per heavy atom. The number of benzene rings is 1. The van der Waals surface area contributed by atoms with Crippen LogP contribution in [-0.4, -0.2) is 32.0 Å². The van der Waals surface area contributed by atoms with E-state index in [4.69, 9.17) is 0 Å². The largest absolute Gasteiger partial charge is 0.417 e. The third-order valence-electron chi connectivity index (χ3n) is 3.71. The van der Waals surface area contributed by atoms with Gasteiger partial charge in [0, 0.05) is 24.2 Å². The van der Waals surface area contributed by atoms with Crippen LogP contribution in [-0.2, 0) is 16.2 Å². The van der Waals surface area contributed by atoms with Gasteiger partial charge in [-0.25, -0.2) is 13.1 Å². The number of hydrogen-bond acceptors (Lipinski definition) is 5. The number of nitro benzene ring substituents is 1. The molecule has 0 amide bonds. The average Bonchev–Trinajstić information content (AvgIpc) is 2.45. The first-order valence-corrected chi connectivity index (χ1v) is 8.60. The molecule has 2 unspecified atom stereocenters. The summed E-state index contributed by atoms with van der Waals surface area (Å²) in [6.45, 7) is 2.38. The zero-order valence-corrected chi connectivity index (χ0v) is 13.4. The van der Waals surface area contributed by atoms with Crippen molar-refractivity contribution in [3.05, 3.63) is 33.9 Å². The molecular formula is C13H16F3N3O4S. The van der Waals surface area contributed by atoms with Crippen LogP contribution in [0.4, 0.5) is 18.9 Å². The number of sulfonamides is 1. The van der Waals surface area contributed by atoms with Crippen LogP contribution in [0.15, 0.2) is 23.1 Å². The molecule has 1 aromatic carbocycles. The van der Waals surface area contributed by atoms with E-state index in [1.165, 1.54) is 0 Å². The van der Waals surface area contributed by atoms with Gasteiger partial charge >= 0.3 is 6.18 Å². The third-order valence-corrected chi connectivity index (χ3v) is 5.29. The van der Waals surface area contributed by atoms with Crippen molar-refractivity contribution in [2.75, 3.05) is 6.54 Å². The Hall–Kier alpha value is -1.72. The lowest BCUT2D eigenvalue weighted by molar-refractivity contribution is -0.385.